The fourth-order valence-corrected chi connectivity index (χ4v) is 2.77. The van der Waals surface area contributed by atoms with Gasteiger partial charge >= 0.3 is 6.18 Å². The van der Waals surface area contributed by atoms with Crippen molar-refractivity contribution in [1.29, 1.82) is 0 Å². The van der Waals surface area contributed by atoms with Crippen LogP contribution < -0.4 is 5.32 Å². The number of fused-ring (bicyclic) bond motifs is 2. The molecule has 0 saturated carbocycles. The van der Waals surface area contributed by atoms with E-state index in [-0.39, 0.29) is 18.0 Å². The first kappa shape index (κ1) is 12.7. The third-order valence-electron chi connectivity index (χ3n) is 3.53. The summed E-state index contributed by atoms with van der Waals surface area (Å²) in [6.45, 7) is 1.43. The molecule has 2 unspecified atom stereocenters. The third-order valence-corrected chi connectivity index (χ3v) is 3.53. The van der Waals surface area contributed by atoms with Crippen LogP contribution >= 0.6 is 0 Å². The number of rotatable bonds is 2. The molecule has 2 aliphatic heterocycles. The lowest BCUT2D eigenvalue weighted by molar-refractivity contribution is -0.154. The smallest absolute Gasteiger partial charge is 0.334 e. The zero-order valence-electron chi connectivity index (χ0n) is 9.59. The molecule has 0 radical (unpaired) electrons. The molecule has 2 rings (SSSR count). The predicted octanol–water partition coefficient (Wildman–Crippen LogP) is 1.68. The Balaban J connectivity index is 1.94. The summed E-state index contributed by atoms with van der Waals surface area (Å²) in [5.41, 5.74) is 0. The molecule has 1 N–H and O–H groups in total. The number of amides is 1. The number of nitrogens with zero attached hydrogens (tertiary/aromatic N) is 1. The molecule has 98 valence electrons. The lowest BCUT2D eigenvalue weighted by atomic mass is 9.92. The summed E-state index contributed by atoms with van der Waals surface area (Å²) >= 11 is 0. The van der Waals surface area contributed by atoms with E-state index >= 15 is 0 Å². The van der Waals surface area contributed by atoms with Gasteiger partial charge in [-0.1, -0.05) is 0 Å². The molecule has 17 heavy (non-hydrogen) atoms. The minimum Gasteiger partial charge on any atom is -0.334 e. The quantitative estimate of drug-likeness (QED) is 0.808. The minimum atomic E-state index is -4.24. The summed E-state index contributed by atoms with van der Waals surface area (Å²) in [5, 5.41) is 3.23. The van der Waals surface area contributed by atoms with E-state index < -0.39 is 19.0 Å². The molecule has 2 aliphatic rings. The van der Waals surface area contributed by atoms with Gasteiger partial charge in [-0.15, -0.1) is 0 Å². The van der Waals surface area contributed by atoms with E-state index in [9.17, 15) is 18.0 Å². The number of hydrogen-bond acceptors (Lipinski definition) is 2. The number of hydrogen-bond donors (Lipinski definition) is 1. The molecule has 2 fully saturated rings. The number of nitrogens with one attached hydrogen (secondary N) is 1. The summed E-state index contributed by atoms with van der Waals surface area (Å²) in [6.07, 6.45) is -2.77. The first-order valence-electron chi connectivity index (χ1n) is 6.06. The monoisotopic (exact) mass is 250 g/mol. The van der Waals surface area contributed by atoms with Crippen molar-refractivity contribution in [2.45, 2.75) is 50.4 Å². The molecular formula is C11H17F3N2O. The Labute approximate surface area is 98.3 Å². The standard InChI is InChI=1S/C11H17F3N2O/c12-11(13,14)5-4-10(17)16-8-2-1-3-9(16)7-15-6-8/h8-9,15H,1-7H2. The summed E-state index contributed by atoms with van der Waals surface area (Å²) < 4.78 is 36.3. The van der Waals surface area contributed by atoms with E-state index in [0.29, 0.717) is 13.1 Å². The predicted molar refractivity (Wildman–Crippen MR) is 56.4 cm³/mol. The van der Waals surface area contributed by atoms with Gasteiger partial charge in [-0.3, -0.25) is 4.79 Å². The molecule has 2 bridgehead atoms. The molecule has 2 atom stereocenters. The van der Waals surface area contributed by atoms with Crippen molar-refractivity contribution in [2.75, 3.05) is 13.1 Å². The van der Waals surface area contributed by atoms with E-state index in [2.05, 4.69) is 5.32 Å². The summed E-state index contributed by atoms with van der Waals surface area (Å²) in [5.74, 6) is -0.335. The highest BCUT2D eigenvalue weighted by atomic mass is 19.4. The van der Waals surface area contributed by atoms with Gasteiger partial charge in [0.1, 0.15) is 0 Å². The molecule has 0 spiro atoms. The first-order chi connectivity index (χ1) is 7.97. The number of carbonyl (C=O) groups excluding carboxylic acids is 1. The highest BCUT2D eigenvalue weighted by molar-refractivity contribution is 5.77. The Kier molecular flexibility index (Phi) is 3.61. The van der Waals surface area contributed by atoms with E-state index in [4.69, 9.17) is 0 Å². The average molecular weight is 250 g/mol. The maximum atomic E-state index is 12.1. The fourth-order valence-electron chi connectivity index (χ4n) is 2.77. The fraction of sp³-hybridized carbons (Fsp3) is 0.909. The van der Waals surface area contributed by atoms with Crippen LogP contribution in [-0.2, 0) is 4.79 Å². The topological polar surface area (TPSA) is 32.3 Å². The van der Waals surface area contributed by atoms with Gasteiger partial charge in [-0.05, 0) is 19.3 Å². The van der Waals surface area contributed by atoms with E-state index in [0.717, 1.165) is 19.3 Å². The largest absolute Gasteiger partial charge is 0.389 e. The van der Waals surface area contributed by atoms with Crippen LogP contribution in [0.25, 0.3) is 0 Å². The zero-order valence-corrected chi connectivity index (χ0v) is 9.59. The normalized spacial score (nSPS) is 29.2. The number of carbonyl (C=O) groups is 1. The van der Waals surface area contributed by atoms with Crippen LogP contribution in [-0.4, -0.2) is 42.2 Å². The Morgan fingerprint density at radius 1 is 1.24 bits per heavy atom. The molecule has 0 aliphatic carbocycles. The van der Waals surface area contributed by atoms with Gasteiger partial charge in [0.2, 0.25) is 5.91 Å². The van der Waals surface area contributed by atoms with Crippen molar-refractivity contribution in [2.24, 2.45) is 0 Å². The van der Waals surface area contributed by atoms with Crippen LogP contribution in [0.3, 0.4) is 0 Å². The Hall–Kier alpha value is -0.780. The molecule has 3 nitrogen and oxygen atoms in total. The van der Waals surface area contributed by atoms with Crippen LogP contribution in [0.4, 0.5) is 13.2 Å². The van der Waals surface area contributed by atoms with Crippen LogP contribution in [0.5, 0.6) is 0 Å². The van der Waals surface area contributed by atoms with Crippen molar-refractivity contribution in [3.05, 3.63) is 0 Å². The number of piperidine rings is 1. The van der Waals surface area contributed by atoms with E-state index in [1.807, 2.05) is 0 Å². The second-order valence-electron chi connectivity index (χ2n) is 4.81. The molecule has 1 amide bonds. The van der Waals surface area contributed by atoms with Gasteiger partial charge in [0.05, 0.1) is 6.42 Å². The van der Waals surface area contributed by atoms with Gasteiger partial charge in [-0.25, -0.2) is 0 Å². The van der Waals surface area contributed by atoms with Crippen molar-refractivity contribution < 1.29 is 18.0 Å². The molecule has 0 aromatic carbocycles. The Morgan fingerprint density at radius 3 is 2.35 bits per heavy atom. The highest BCUT2D eigenvalue weighted by Gasteiger charge is 2.38. The van der Waals surface area contributed by atoms with Gasteiger partial charge in [0.15, 0.2) is 0 Å². The van der Waals surface area contributed by atoms with Gasteiger partial charge < -0.3 is 10.2 Å². The van der Waals surface area contributed by atoms with Crippen molar-refractivity contribution in [3.63, 3.8) is 0 Å². The molecule has 2 saturated heterocycles. The van der Waals surface area contributed by atoms with Crippen LogP contribution in [0, 0.1) is 0 Å². The maximum Gasteiger partial charge on any atom is 0.389 e. The van der Waals surface area contributed by atoms with Gasteiger partial charge in [0, 0.05) is 31.6 Å². The van der Waals surface area contributed by atoms with E-state index in [1.165, 1.54) is 0 Å². The van der Waals surface area contributed by atoms with Crippen molar-refractivity contribution >= 4 is 5.91 Å². The number of halogens is 3. The lowest BCUT2D eigenvalue weighted by Gasteiger charge is -2.46. The van der Waals surface area contributed by atoms with Crippen LogP contribution in [0.2, 0.25) is 0 Å². The van der Waals surface area contributed by atoms with Crippen molar-refractivity contribution in [3.8, 4) is 0 Å². The number of alkyl halides is 3. The Bertz CT molecular complexity index is 271. The first-order valence-corrected chi connectivity index (χ1v) is 6.06. The molecule has 0 aromatic heterocycles. The summed E-state index contributed by atoms with van der Waals surface area (Å²) in [6, 6.07) is 0.200. The molecule has 6 heteroatoms. The van der Waals surface area contributed by atoms with Crippen molar-refractivity contribution in [1.82, 2.24) is 10.2 Å². The lowest BCUT2D eigenvalue weighted by Crippen LogP contribution is -2.61. The molecule has 0 aromatic rings. The van der Waals surface area contributed by atoms with E-state index in [1.54, 1.807) is 4.90 Å². The van der Waals surface area contributed by atoms with Crippen LogP contribution in [0.15, 0.2) is 0 Å². The van der Waals surface area contributed by atoms with Gasteiger partial charge in [0.25, 0.3) is 0 Å². The summed E-state index contributed by atoms with van der Waals surface area (Å²) in [4.78, 5) is 13.6. The highest BCUT2D eigenvalue weighted by Crippen LogP contribution is 2.28. The molecular weight excluding hydrogens is 233 g/mol. The third kappa shape index (κ3) is 3.12. The Morgan fingerprint density at radius 2 is 1.82 bits per heavy atom. The second-order valence-corrected chi connectivity index (χ2v) is 4.81. The maximum absolute atomic E-state index is 12.1. The number of piperazine rings is 1. The van der Waals surface area contributed by atoms with Gasteiger partial charge in [-0.2, -0.15) is 13.2 Å². The minimum absolute atomic E-state index is 0.100. The zero-order chi connectivity index (χ0) is 12.5. The van der Waals surface area contributed by atoms with Crippen LogP contribution in [0.1, 0.15) is 32.1 Å². The average Bonchev–Trinajstić information content (AvgIpc) is 2.23. The SMILES string of the molecule is O=C(CCC(F)(F)F)N1C2CCCC1CNC2. The molecule has 2 heterocycles. The summed E-state index contributed by atoms with van der Waals surface area (Å²) in [7, 11) is 0. The second kappa shape index (κ2) is 4.84.